The molecule has 2 aliphatic rings. The number of rotatable bonds is 7. The number of nitrogens with one attached hydrogen (secondary N) is 3. The van der Waals surface area contributed by atoms with Crippen molar-refractivity contribution in [1.29, 1.82) is 0 Å². The predicted molar refractivity (Wildman–Crippen MR) is 148 cm³/mol. The molecule has 0 saturated carbocycles. The maximum Gasteiger partial charge on any atom is 0.322 e. The van der Waals surface area contributed by atoms with Crippen molar-refractivity contribution in [2.45, 2.75) is 57.8 Å². The largest absolute Gasteiger partial charge is 0.494 e. The van der Waals surface area contributed by atoms with Crippen molar-refractivity contribution in [3.8, 4) is 0 Å². The molecule has 2 aliphatic heterocycles. The molecule has 10 heteroatoms. The zero-order valence-corrected chi connectivity index (χ0v) is 22.4. The summed E-state index contributed by atoms with van der Waals surface area (Å²) >= 11 is 6.44. The first-order valence-electron chi connectivity index (χ1n) is 13.0. The van der Waals surface area contributed by atoms with Gasteiger partial charge in [0.15, 0.2) is 0 Å². The summed E-state index contributed by atoms with van der Waals surface area (Å²) in [7, 11) is 0. The van der Waals surface area contributed by atoms with Crippen molar-refractivity contribution in [2.24, 2.45) is 0 Å². The van der Waals surface area contributed by atoms with Gasteiger partial charge >= 0.3 is 12.1 Å². The van der Waals surface area contributed by atoms with Crippen molar-refractivity contribution in [3.05, 3.63) is 71.1 Å². The van der Waals surface area contributed by atoms with Crippen LogP contribution in [0.25, 0.3) is 10.9 Å². The number of halogens is 1. The smallest absolute Gasteiger partial charge is 0.322 e. The van der Waals surface area contributed by atoms with Crippen LogP contribution in [0.15, 0.2) is 54.9 Å². The molecule has 0 spiro atoms. The Morgan fingerprint density at radius 3 is 2.79 bits per heavy atom. The van der Waals surface area contributed by atoms with Crippen molar-refractivity contribution in [1.82, 2.24) is 25.3 Å². The van der Waals surface area contributed by atoms with Crippen LogP contribution in [0.3, 0.4) is 0 Å². The fourth-order valence-electron chi connectivity index (χ4n) is 5.19. The standard InChI is InChI=1S/C28H33ClN6O3/c1-17(2)38-18(3)25(14-19-12-21-15-30-33-26(21)23(29)13-19)32-27(36)34-10-8-22(9-11-34)35-16-20-6-4-5-7-24(20)31-28(35)37/h4-7,12-13,15,17,22,25H,3,8-11,14,16H2,1-2H3,(H,30,33)(H,31,37)(H,32,36). The second-order valence-electron chi connectivity index (χ2n) is 10.2. The molecule has 0 aliphatic carbocycles. The Bertz CT molecular complexity index is 1350. The number of benzene rings is 2. The zero-order valence-electron chi connectivity index (χ0n) is 21.7. The van der Waals surface area contributed by atoms with Gasteiger partial charge in [0.2, 0.25) is 0 Å². The summed E-state index contributed by atoms with van der Waals surface area (Å²) in [6.45, 7) is 9.65. The minimum absolute atomic E-state index is 0.0709. The van der Waals surface area contributed by atoms with Crippen LogP contribution in [0.1, 0.15) is 37.8 Å². The van der Waals surface area contributed by atoms with Gasteiger partial charge in [0.05, 0.1) is 28.9 Å². The van der Waals surface area contributed by atoms with E-state index in [1.807, 2.05) is 55.1 Å². The number of para-hydroxylation sites is 1. The van der Waals surface area contributed by atoms with Crippen LogP contribution in [-0.2, 0) is 17.7 Å². The van der Waals surface area contributed by atoms with Gasteiger partial charge in [0, 0.05) is 43.2 Å². The maximum atomic E-state index is 13.3. The molecular formula is C28H33ClN6O3. The van der Waals surface area contributed by atoms with Crippen LogP contribution < -0.4 is 10.6 Å². The molecule has 3 heterocycles. The van der Waals surface area contributed by atoms with Gasteiger partial charge in [-0.3, -0.25) is 5.10 Å². The monoisotopic (exact) mass is 536 g/mol. The minimum Gasteiger partial charge on any atom is -0.494 e. The number of urea groups is 2. The molecule has 1 atom stereocenters. The number of hydrogen-bond acceptors (Lipinski definition) is 4. The van der Waals surface area contributed by atoms with E-state index >= 15 is 0 Å². The molecule has 0 radical (unpaired) electrons. The molecule has 1 unspecified atom stereocenters. The summed E-state index contributed by atoms with van der Waals surface area (Å²) in [6.07, 6.45) is 3.55. The lowest BCUT2D eigenvalue weighted by Crippen LogP contribution is -2.54. The number of piperidine rings is 1. The molecule has 0 bridgehead atoms. The number of aromatic nitrogens is 2. The van der Waals surface area contributed by atoms with Crippen LogP contribution in [0.2, 0.25) is 5.02 Å². The molecule has 1 fully saturated rings. The first-order valence-corrected chi connectivity index (χ1v) is 13.3. The van der Waals surface area contributed by atoms with Gasteiger partial charge in [-0.2, -0.15) is 5.10 Å². The maximum absolute atomic E-state index is 13.3. The highest BCUT2D eigenvalue weighted by Crippen LogP contribution is 2.28. The van der Waals surface area contributed by atoms with Crippen LogP contribution in [0.4, 0.5) is 15.3 Å². The third kappa shape index (κ3) is 5.57. The second kappa shape index (κ2) is 10.9. The number of ether oxygens (including phenoxy) is 1. The number of fused-ring (bicyclic) bond motifs is 2. The summed E-state index contributed by atoms with van der Waals surface area (Å²) in [4.78, 5) is 29.7. The molecule has 5 rings (SSSR count). The van der Waals surface area contributed by atoms with Crippen LogP contribution >= 0.6 is 11.6 Å². The Hall–Kier alpha value is -3.72. The molecule has 38 heavy (non-hydrogen) atoms. The number of amides is 4. The number of H-pyrrole nitrogens is 1. The lowest BCUT2D eigenvalue weighted by molar-refractivity contribution is 0.115. The first-order chi connectivity index (χ1) is 18.3. The third-order valence-electron chi connectivity index (χ3n) is 7.13. The van der Waals surface area contributed by atoms with Crippen LogP contribution in [0.5, 0.6) is 0 Å². The minimum atomic E-state index is -0.438. The summed E-state index contributed by atoms with van der Waals surface area (Å²) in [5.74, 6) is 0.496. The van der Waals surface area contributed by atoms with Gasteiger partial charge in [-0.15, -0.1) is 0 Å². The van der Waals surface area contributed by atoms with Crippen LogP contribution in [-0.4, -0.2) is 63.3 Å². The molecule has 9 nitrogen and oxygen atoms in total. The molecule has 3 aromatic rings. The first kappa shape index (κ1) is 25.9. The highest BCUT2D eigenvalue weighted by molar-refractivity contribution is 6.35. The van der Waals surface area contributed by atoms with E-state index < -0.39 is 6.04 Å². The van der Waals surface area contributed by atoms with E-state index in [-0.39, 0.29) is 24.2 Å². The van der Waals surface area contributed by atoms with E-state index in [4.69, 9.17) is 16.3 Å². The summed E-state index contributed by atoms with van der Waals surface area (Å²) in [5, 5.41) is 14.5. The predicted octanol–water partition coefficient (Wildman–Crippen LogP) is 5.29. The van der Waals surface area contributed by atoms with E-state index in [2.05, 4.69) is 27.4 Å². The second-order valence-corrected chi connectivity index (χ2v) is 10.6. The Balaban J connectivity index is 1.23. The fraction of sp³-hybridized carbons (Fsp3) is 0.393. The van der Waals surface area contributed by atoms with E-state index in [1.54, 1.807) is 11.1 Å². The van der Waals surface area contributed by atoms with Gasteiger partial charge in [-0.05, 0) is 56.0 Å². The zero-order chi connectivity index (χ0) is 26.8. The molecule has 1 saturated heterocycles. The number of carbonyl (C=O) groups is 2. The Morgan fingerprint density at radius 2 is 2.03 bits per heavy atom. The highest BCUT2D eigenvalue weighted by Gasteiger charge is 2.33. The van der Waals surface area contributed by atoms with Gasteiger partial charge in [-0.25, -0.2) is 9.59 Å². The lowest BCUT2D eigenvalue weighted by atomic mass is 10.0. The van der Waals surface area contributed by atoms with Crippen molar-refractivity contribution in [2.75, 3.05) is 18.4 Å². The summed E-state index contributed by atoms with van der Waals surface area (Å²) in [5.41, 5.74) is 3.70. The molecule has 1 aromatic heterocycles. The third-order valence-corrected chi connectivity index (χ3v) is 7.42. The van der Waals surface area contributed by atoms with Crippen molar-refractivity contribution >= 4 is 40.3 Å². The summed E-state index contributed by atoms with van der Waals surface area (Å²) < 4.78 is 5.88. The average molecular weight is 537 g/mol. The number of nitrogens with zero attached hydrogens (tertiary/aromatic N) is 3. The Kier molecular flexibility index (Phi) is 7.46. The van der Waals surface area contributed by atoms with E-state index in [0.717, 1.165) is 27.7 Å². The van der Waals surface area contributed by atoms with E-state index in [1.165, 1.54) is 0 Å². The Morgan fingerprint density at radius 1 is 1.26 bits per heavy atom. The van der Waals surface area contributed by atoms with Crippen molar-refractivity contribution in [3.63, 3.8) is 0 Å². The lowest BCUT2D eigenvalue weighted by Gasteiger charge is -2.40. The number of hydrogen-bond donors (Lipinski definition) is 3. The highest BCUT2D eigenvalue weighted by atomic mass is 35.5. The topological polar surface area (TPSA) is 103 Å². The normalized spacial score (nSPS) is 16.8. The molecule has 4 amide bonds. The quantitative estimate of drug-likeness (QED) is 0.357. The number of anilines is 1. The van der Waals surface area contributed by atoms with E-state index in [0.29, 0.717) is 49.7 Å². The van der Waals surface area contributed by atoms with Gasteiger partial charge < -0.3 is 25.2 Å². The Labute approximate surface area is 227 Å². The van der Waals surface area contributed by atoms with Crippen molar-refractivity contribution < 1.29 is 14.3 Å². The number of likely N-dealkylation sites (tertiary alicyclic amines) is 1. The molecule has 2 aromatic carbocycles. The fourth-order valence-corrected chi connectivity index (χ4v) is 5.49. The molecule has 3 N–H and O–H groups in total. The van der Waals surface area contributed by atoms with E-state index in [9.17, 15) is 9.59 Å². The number of carbonyl (C=O) groups excluding carboxylic acids is 2. The van der Waals surface area contributed by atoms with Gasteiger partial charge in [0.1, 0.15) is 5.76 Å². The van der Waals surface area contributed by atoms with Gasteiger partial charge in [0.25, 0.3) is 0 Å². The SMILES string of the molecule is C=C(OC(C)C)C(Cc1cc(Cl)c2[nH]ncc2c1)NC(=O)N1CCC(N2Cc3ccccc3NC2=O)CC1. The van der Waals surface area contributed by atoms with Gasteiger partial charge in [-0.1, -0.05) is 36.4 Å². The molecular weight excluding hydrogens is 504 g/mol. The van der Waals surface area contributed by atoms with Crippen LogP contribution in [0, 0.1) is 0 Å². The average Bonchev–Trinajstić information content (AvgIpc) is 3.37. The molecule has 200 valence electrons. The summed E-state index contributed by atoms with van der Waals surface area (Å²) in [6, 6.07) is 11.1. The number of aromatic amines is 1.